The Balaban J connectivity index is 2.49. The zero-order chi connectivity index (χ0) is 14.0. The molecule has 0 saturated heterocycles. The highest BCUT2D eigenvalue weighted by Crippen LogP contribution is 2.22. The summed E-state index contributed by atoms with van der Waals surface area (Å²) in [5.74, 6) is 0.881. The van der Waals surface area contributed by atoms with Gasteiger partial charge in [-0.25, -0.2) is 4.98 Å². The van der Waals surface area contributed by atoms with E-state index < -0.39 is 0 Å². The average Bonchev–Trinajstić information content (AvgIpc) is 2.37. The number of aromatic amines is 1. The van der Waals surface area contributed by atoms with Gasteiger partial charge in [-0.2, -0.15) is 0 Å². The Morgan fingerprint density at radius 3 is 2.37 bits per heavy atom. The highest BCUT2D eigenvalue weighted by Gasteiger charge is 2.13. The quantitative estimate of drug-likeness (QED) is 0.845. The molecule has 0 atom stereocenters. The van der Waals surface area contributed by atoms with E-state index in [1.807, 2.05) is 44.4 Å². The fraction of sp³-hybridized carbons (Fsp3) is 0.286. The van der Waals surface area contributed by atoms with Crippen molar-refractivity contribution in [2.75, 3.05) is 12.0 Å². The van der Waals surface area contributed by atoms with Crippen LogP contribution in [0.5, 0.6) is 0 Å². The van der Waals surface area contributed by atoms with Crippen molar-refractivity contribution in [2.24, 2.45) is 0 Å². The van der Waals surface area contributed by atoms with E-state index >= 15 is 0 Å². The second-order valence-electron chi connectivity index (χ2n) is 4.60. The van der Waals surface area contributed by atoms with E-state index in [9.17, 15) is 4.79 Å². The summed E-state index contributed by atoms with van der Waals surface area (Å²) in [5.41, 5.74) is 7.12. The number of thioether (sulfide) groups is 1. The number of nitrogens with two attached hydrogens (primary N) is 1. The van der Waals surface area contributed by atoms with Crippen LogP contribution in [0.15, 0.2) is 34.0 Å². The molecule has 3 N–H and O–H groups in total. The van der Waals surface area contributed by atoms with Crippen LogP contribution in [0.25, 0.3) is 11.4 Å². The zero-order valence-corrected chi connectivity index (χ0v) is 12.0. The van der Waals surface area contributed by atoms with Gasteiger partial charge >= 0.3 is 0 Å². The first-order valence-corrected chi connectivity index (χ1v) is 7.29. The predicted octanol–water partition coefficient (Wildman–Crippen LogP) is 2.86. The maximum absolute atomic E-state index is 12.0. The lowest BCUT2D eigenvalue weighted by Gasteiger charge is -2.09. The molecule has 100 valence electrons. The van der Waals surface area contributed by atoms with Crippen molar-refractivity contribution in [2.45, 2.75) is 24.7 Å². The van der Waals surface area contributed by atoms with Gasteiger partial charge in [-0.15, -0.1) is 11.8 Å². The summed E-state index contributed by atoms with van der Waals surface area (Å²) in [6, 6.07) is 7.84. The Morgan fingerprint density at radius 2 is 1.89 bits per heavy atom. The summed E-state index contributed by atoms with van der Waals surface area (Å²) in [7, 11) is 0. The molecule has 0 amide bonds. The van der Waals surface area contributed by atoms with Crippen LogP contribution in [0.3, 0.4) is 0 Å². The minimum Gasteiger partial charge on any atom is -0.383 e. The Bertz CT molecular complexity index is 632. The van der Waals surface area contributed by atoms with E-state index in [0.717, 1.165) is 10.5 Å². The van der Waals surface area contributed by atoms with Crippen molar-refractivity contribution < 1.29 is 0 Å². The Hall–Kier alpha value is -1.75. The van der Waals surface area contributed by atoms with Crippen molar-refractivity contribution in [1.82, 2.24) is 9.97 Å². The first-order chi connectivity index (χ1) is 9.02. The van der Waals surface area contributed by atoms with Crippen LogP contribution in [0.4, 0.5) is 5.82 Å². The third-order valence-electron chi connectivity index (χ3n) is 2.93. The molecule has 2 rings (SSSR count). The first-order valence-electron chi connectivity index (χ1n) is 6.07. The highest BCUT2D eigenvalue weighted by molar-refractivity contribution is 7.98. The lowest BCUT2D eigenvalue weighted by molar-refractivity contribution is 0.837. The maximum Gasteiger partial charge on any atom is 0.256 e. The first kappa shape index (κ1) is 13.7. The summed E-state index contributed by atoms with van der Waals surface area (Å²) in [6.45, 7) is 3.85. The van der Waals surface area contributed by atoms with Gasteiger partial charge in [-0.05, 0) is 24.3 Å². The number of hydrogen-bond acceptors (Lipinski definition) is 4. The van der Waals surface area contributed by atoms with Crippen molar-refractivity contribution in [3.8, 4) is 11.4 Å². The Morgan fingerprint density at radius 1 is 1.26 bits per heavy atom. The van der Waals surface area contributed by atoms with Gasteiger partial charge in [0.25, 0.3) is 5.56 Å². The van der Waals surface area contributed by atoms with Crippen molar-refractivity contribution in [3.63, 3.8) is 0 Å². The molecule has 5 heteroatoms. The molecule has 0 fully saturated rings. The number of H-pyrrole nitrogens is 1. The molecule has 1 aromatic heterocycles. The molecule has 1 heterocycles. The molecule has 0 radical (unpaired) electrons. The summed E-state index contributed by atoms with van der Waals surface area (Å²) in [5, 5.41) is 0. The van der Waals surface area contributed by atoms with E-state index in [-0.39, 0.29) is 11.5 Å². The molecule has 0 bridgehead atoms. The number of benzene rings is 1. The summed E-state index contributed by atoms with van der Waals surface area (Å²) < 4.78 is 0. The van der Waals surface area contributed by atoms with Crippen molar-refractivity contribution in [3.05, 3.63) is 40.2 Å². The van der Waals surface area contributed by atoms with Crippen LogP contribution in [0, 0.1) is 0 Å². The van der Waals surface area contributed by atoms with E-state index in [2.05, 4.69) is 9.97 Å². The number of hydrogen-bond donors (Lipinski definition) is 2. The number of aromatic nitrogens is 2. The fourth-order valence-electron chi connectivity index (χ4n) is 1.94. The van der Waals surface area contributed by atoms with Gasteiger partial charge in [-0.1, -0.05) is 26.0 Å². The van der Waals surface area contributed by atoms with Crippen LogP contribution in [-0.4, -0.2) is 16.2 Å². The molecule has 0 spiro atoms. The monoisotopic (exact) mass is 275 g/mol. The lowest BCUT2D eigenvalue weighted by Crippen LogP contribution is -2.19. The van der Waals surface area contributed by atoms with Crippen molar-refractivity contribution >= 4 is 17.6 Å². The van der Waals surface area contributed by atoms with E-state index in [1.165, 1.54) is 0 Å². The third kappa shape index (κ3) is 2.81. The second kappa shape index (κ2) is 5.48. The van der Waals surface area contributed by atoms with Crippen LogP contribution >= 0.6 is 11.8 Å². The van der Waals surface area contributed by atoms with Gasteiger partial charge in [0.1, 0.15) is 11.6 Å². The van der Waals surface area contributed by atoms with Crippen LogP contribution in [0.1, 0.15) is 25.3 Å². The maximum atomic E-state index is 12.0. The smallest absolute Gasteiger partial charge is 0.256 e. The number of anilines is 1. The summed E-state index contributed by atoms with van der Waals surface area (Å²) >= 11 is 1.67. The third-order valence-corrected chi connectivity index (χ3v) is 3.67. The lowest BCUT2D eigenvalue weighted by atomic mass is 10.1. The number of rotatable bonds is 3. The average molecular weight is 275 g/mol. The molecule has 0 unspecified atom stereocenters. The highest BCUT2D eigenvalue weighted by atomic mass is 32.2. The molecule has 2 aromatic rings. The van der Waals surface area contributed by atoms with E-state index in [0.29, 0.717) is 17.2 Å². The molecule has 19 heavy (non-hydrogen) atoms. The normalized spacial score (nSPS) is 10.9. The minimum absolute atomic E-state index is 0.0594. The molecule has 4 nitrogen and oxygen atoms in total. The van der Waals surface area contributed by atoms with Gasteiger partial charge in [0, 0.05) is 10.5 Å². The topological polar surface area (TPSA) is 71.8 Å². The molecule has 0 aliphatic rings. The van der Waals surface area contributed by atoms with Gasteiger partial charge < -0.3 is 10.7 Å². The fourth-order valence-corrected chi connectivity index (χ4v) is 2.35. The largest absolute Gasteiger partial charge is 0.383 e. The van der Waals surface area contributed by atoms with Gasteiger partial charge in [0.15, 0.2) is 0 Å². The SMILES string of the molecule is CSc1ccc(-c2nc(N)c(C(C)C)c(=O)[nH]2)cc1. The number of nitrogens with one attached hydrogen (secondary N) is 1. The van der Waals surface area contributed by atoms with Gasteiger partial charge in [-0.3, -0.25) is 4.79 Å². The Labute approximate surface area is 116 Å². The van der Waals surface area contributed by atoms with Crippen LogP contribution < -0.4 is 11.3 Å². The standard InChI is InChI=1S/C14H17N3OS/c1-8(2)11-12(15)16-13(17-14(11)18)9-4-6-10(19-3)7-5-9/h4-8H,1-3H3,(H3,15,16,17,18). The number of nitrogens with zero attached hydrogens (tertiary/aromatic N) is 1. The van der Waals surface area contributed by atoms with Gasteiger partial charge in [0.2, 0.25) is 0 Å². The van der Waals surface area contributed by atoms with Crippen LogP contribution in [-0.2, 0) is 0 Å². The minimum atomic E-state index is -0.161. The van der Waals surface area contributed by atoms with E-state index in [4.69, 9.17) is 5.73 Å². The molecular formula is C14H17N3OS. The molecule has 0 saturated carbocycles. The van der Waals surface area contributed by atoms with Gasteiger partial charge in [0.05, 0.1) is 5.56 Å². The van der Waals surface area contributed by atoms with Crippen molar-refractivity contribution in [1.29, 1.82) is 0 Å². The summed E-state index contributed by atoms with van der Waals surface area (Å²) in [6.07, 6.45) is 2.02. The van der Waals surface area contributed by atoms with E-state index in [1.54, 1.807) is 11.8 Å². The zero-order valence-electron chi connectivity index (χ0n) is 11.2. The molecule has 0 aliphatic heterocycles. The summed E-state index contributed by atoms with van der Waals surface area (Å²) in [4.78, 5) is 20.3. The predicted molar refractivity (Wildman–Crippen MR) is 80.6 cm³/mol. The molecular weight excluding hydrogens is 258 g/mol. The molecule has 1 aromatic carbocycles. The Kier molecular flexibility index (Phi) is 3.95. The van der Waals surface area contributed by atoms with Crippen LogP contribution in [0.2, 0.25) is 0 Å². The number of nitrogen functional groups attached to an aromatic ring is 1. The molecule has 0 aliphatic carbocycles. The second-order valence-corrected chi connectivity index (χ2v) is 5.48.